The van der Waals surface area contributed by atoms with Crippen molar-refractivity contribution in [3.63, 3.8) is 0 Å². The monoisotopic (exact) mass is 498 g/mol. The predicted octanol–water partition coefficient (Wildman–Crippen LogP) is 4.27. The third-order valence-corrected chi connectivity index (χ3v) is 4.92. The molecule has 0 saturated carbocycles. The van der Waals surface area contributed by atoms with E-state index < -0.39 is 5.91 Å². The van der Waals surface area contributed by atoms with E-state index in [1.54, 1.807) is 18.3 Å². The lowest BCUT2D eigenvalue weighted by Gasteiger charge is -2.15. The topological polar surface area (TPSA) is 94.1 Å². The number of hydrogen-bond donors (Lipinski definition) is 2. The molecule has 166 valence electrons. The lowest BCUT2D eigenvalue weighted by atomic mass is 10.1. The Bertz CT molecular complexity index is 1060. The molecule has 9 heteroatoms. The predicted molar refractivity (Wildman–Crippen MR) is 127 cm³/mol. The number of halogens is 1. The average molecular weight is 499 g/mol. The fourth-order valence-electron chi connectivity index (χ4n) is 2.82. The highest BCUT2D eigenvalue weighted by atomic mass is 79.9. The van der Waals surface area contributed by atoms with E-state index in [2.05, 4.69) is 36.5 Å². The Morgan fingerprint density at radius 1 is 1.00 bits per heavy atom. The minimum atomic E-state index is -0.395. The maximum atomic E-state index is 13.0. The number of methoxy groups -OCH3 is 3. The van der Waals surface area contributed by atoms with Gasteiger partial charge in [-0.25, -0.2) is 4.99 Å². The van der Waals surface area contributed by atoms with Crippen LogP contribution in [0.2, 0.25) is 0 Å². The van der Waals surface area contributed by atoms with Gasteiger partial charge in [-0.1, -0.05) is 22.0 Å². The van der Waals surface area contributed by atoms with Crippen molar-refractivity contribution in [1.29, 1.82) is 0 Å². The van der Waals surface area contributed by atoms with Gasteiger partial charge in [0.2, 0.25) is 11.7 Å². The number of amides is 1. The number of hydrogen-bond acceptors (Lipinski definition) is 6. The number of carbonyl (C=O) groups excluding carboxylic acids is 1. The van der Waals surface area contributed by atoms with Gasteiger partial charge in [0, 0.05) is 21.9 Å². The van der Waals surface area contributed by atoms with Crippen molar-refractivity contribution in [3.8, 4) is 17.2 Å². The van der Waals surface area contributed by atoms with Gasteiger partial charge >= 0.3 is 0 Å². The summed E-state index contributed by atoms with van der Waals surface area (Å²) in [6.07, 6.45) is 1.70. The van der Waals surface area contributed by atoms with Crippen LogP contribution in [-0.4, -0.2) is 38.2 Å². The second-order valence-electron chi connectivity index (χ2n) is 6.49. The Hall–Kier alpha value is -3.59. The van der Waals surface area contributed by atoms with E-state index in [1.807, 2.05) is 42.5 Å². The van der Waals surface area contributed by atoms with Crippen LogP contribution in [0.15, 0.2) is 70.3 Å². The number of nitrogens with zero attached hydrogens (tertiary/aromatic N) is 2. The van der Waals surface area contributed by atoms with Crippen LogP contribution in [0.5, 0.6) is 17.2 Å². The summed E-state index contributed by atoms with van der Waals surface area (Å²) in [6.45, 7) is 0.287. The summed E-state index contributed by atoms with van der Waals surface area (Å²) in [7, 11) is 4.49. The van der Waals surface area contributed by atoms with Gasteiger partial charge in [0.15, 0.2) is 11.5 Å². The van der Waals surface area contributed by atoms with Gasteiger partial charge in [-0.3, -0.25) is 15.1 Å². The summed E-state index contributed by atoms with van der Waals surface area (Å²) < 4.78 is 16.9. The Balaban J connectivity index is 1.87. The van der Waals surface area contributed by atoms with Crippen molar-refractivity contribution in [1.82, 2.24) is 10.3 Å². The summed E-state index contributed by atoms with van der Waals surface area (Å²) >= 11 is 3.41. The number of guanidine groups is 1. The Labute approximate surface area is 194 Å². The number of pyridine rings is 1. The molecule has 0 spiro atoms. The fraction of sp³-hybridized carbons (Fsp3) is 0.174. The van der Waals surface area contributed by atoms with Crippen LogP contribution in [0.4, 0.5) is 5.69 Å². The number of carbonyl (C=O) groups is 1. The van der Waals surface area contributed by atoms with E-state index in [0.29, 0.717) is 22.8 Å². The molecule has 0 aliphatic rings. The number of nitrogens with one attached hydrogen (secondary N) is 2. The van der Waals surface area contributed by atoms with Gasteiger partial charge in [0.25, 0.3) is 5.91 Å². The maximum Gasteiger partial charge on any atom is 0.258 e. The zero-order chi connectivity index (χ0) is 22.9. The number of ether oxygens (including phenoxy) is 3. The van der Waals surface area contributed by atoms with Gasteiger partial charge in [0.1, 0.15) is 0 Å². The van der Waals surface area contributed by atoms with E-state index in [-0.39, 0.29) is 12.5 Å². The van der Waals surface area contributed by atoms with Crippen LogP contribution < -0.4 is 24.8 Å². The molecule has 32 heavy (non-hydrogen) atoms. The molecule has 0 bridgehead atoms. The zero-order valence-corrected chi connectivity index (χ0v) is 19.5. The third-order valence-electron chi connectivity index (χ3n) is 4.39. The first-order valence-corrected chi connectivity index (χ1v) is 10.4. The first-order chi connectivity index (χ1) is 15.5. The zero-order valence-electron chi connectivity index (χ0n) is 17.9. The SMILES string of the molecule is COc1cc(C(=O)NC(=NCc2ccccn2)Nc2ccc(Br)cc2)cc(OC)c1OC. The second-order valence-corrected chi connectivity index (χ2v) is 7.40. The van der Waals surface area contributed by atoms with Crippen LogP contribution in [0.1, 0.15) is 16.1 Å². The number of rotatable bonds is 7. The summed E-state index contributed by atoms with van der Waals surface area (Å²) in [6, 6.07) is 16.2. The number of aromatic nitrogens is 1. The van der Waals surface area contributed by atoms with Gasteiger partial charge in [0.05, 0.1) is 33.6 Å². The molecule has 3 rings (SSSR count). The molecule has 1 aromatic heterocycles. The summed E-state index contributed by atoms with van der Waals surface area (Å²) in [4.78, 5) is 21.8. The van der Waals surface area contributed by atoms with Crippen molar-refractivity contribution in [2.45, 2.75) is 6.54 Å². The second kappa shape index (κ2) is 11.1. The normalized spacial score (nSPS) is 10.9. The van der Waals surface area contributed by atoms with Crippen LogP contribution in [0, 0.1) is 0 Å². The molecule has 3 aromatic rings. The van der Waals surface area contributed by atoms with E-state index in [0.717, 1.165) is 15.9 Å². The van der Waals surface area contributed by atoms with Crippen LogP contribution >= 0.6 is 15.9 Å². The quantitative estimate of drug-likeness (QED) is 0.373. The Kier molecular flexibility index (Phi) is 8.04. The molecule has 0 unspecified atom stereocenters. The van der Waals surface area contributed by atoms with Crippen LogP contribution in [-0.2, 0) is 6.54 Å². The third kappa shape index (κ3) is 5.98. The van der Waals surface area contributed by atoms with Crippen molar-refractivity contribution < 1.29 is 19.0 Å². The van der Waals surface area contributed by atoms with Crippen molar-refractivity contribution in [2.75, 3.05) is 26.6 Å². The van der Waals surface area contributed by atoms with Gasteiger partial charge in [-0.2, -0.15) is 0 Å². The largest absolute Gasteiger partial charge is 0.493 e. The van der Waals surface area contributed by atoms with E-state index in [4.69, 9.17) is 14.2 Å². The van der Waals surface area contributed by atoms with E-state index >= 15 is 0 Å². The highest BCUT2D eigenvalue weighted by Crippen LogP contribution is 2.38. The molecule has 8 nitrogen and oxygen atoms in total. The highest BCUT2D eigenvalue weighted by molar-refractivity contribution is 9.10. The number of aliphatic imine (C=N–C) groups is 1. The Morgan fingerprint density at radius 3 is 2.25 bits per heavy atom. The molecular weight excluding hydrogens is 476 g/mol. The van der Waals surface area contributed by atoms with E-state index in [1.165, 1.54) is 21.3 Å². The molecule has 0 radical (unpaired) electrons. The lowest BCUT2D eigenvalue weighted by Crippen LogP contribution is -2.36. The van der Waals surface area contributed by atoms with Crippen molar-refractivity contribution >= 4 is 33.5 Å². The molecule has 1 amide bonds. The first kappa shape index (κ1) is 23.1. The van der Waals surface area contributed by atoms with Crippen molar-refractivity contribution in [2.24, 2.45) is 4.99 Å². The van der Waals surface area contributed by atoms with Crippen molar-refractivity contribution in [3.05, 3.63) is 76.5 Å². The molecule has 0 fully saturated rings. The first-order valence-electron chi connectivity index (χ1n) is 9.62. The number of anilines is 1. The average Bonchev–Trinajstić information content (AvgIpc) is 2.83. The Morgan fingerprint density at radius 2 is 1.69 bits per heavy atom. The minimum absolute atomic E-state index is 0.275. The van der Waals surface area contributed by atoms with Crippen LogP contribution in [0.3, 0.4) is 0 Å². The standard InChI is InChI=1S/C23H23BrN4O4/c1-30-19-12-15(13-20(31-2)21(19)32-3)22(29)28-23(26-14-18-6-4-5-11-25-18)27-17-9-7-16(24)8-10-17/h4-13H,14H2,1-3H3,(H2,26,27,28,29). The molecule has 0 aliphatic carbocycles. The summed E-state index contributed by atoms with van der Waals surface area (Å²) in [5.74, 6) is 1.05. The molecular formula is C23H23BrN4O4. The molecule has 1 heterocycles. The minimum Gasteiger partial charge on any atom is -0.493 e. The number of benzene rings is 2. The fourth-order valence-corrected chi connectivity index (χ4v) is 3.09. The van der Waals surface area contributed by atoms with Gasteiger partial charge in [-0.05, 0) is 48.5 Å². The molecule has 0 aliphatic heterocycles. The maximum absolute atomic E-state index is 13.0. The van der Waals surface area contributed by atoms with Gasteiger partial charge in [-0.15, -0.1) is 0 Å². The van der Waals surface area contributed by atoms with E-state index in [9.17, 15) is 4.79 Å². The molecule has 0 saturated heterocycles. The highest BCUT2D eigenvalue weighted by Gasteiger charge is 2.18. The van der Waals surface area contributed by atoms with Gasteiger partial charge < -0.3 is 19.5 Å². The molecule has 0 atom stereocenters. The smallest absolute Gasteiger partial charge is 0.258 e. The molecule has 2 aromatic carbocycles. The summed E-state index contributed by atoms with van der Waals surface area (Å²) in [5, 5.41) is 5.95. The van der Waals surface area contributed by atoms with Crippen LogP contribution in [0.25, 0.3) is 0 Å². The summed E-state index contributed by atoms with van der Waals surface area (Å²) in [5.41, 5.74) is 1.85. The molecule has 2 N–H and O–H groups in total. The lowest BCUT2D eigenvalue weighted by molar-refractivity contribution is 0.0976.